The number of rotatable bonds is 7. The predicted molar refractivity (Wildman–Crippen MR) is 54.4 cm³/mol. The number of phosphoric acid groups is 1. The monoisotopic (exact) mass is 254 g/mol. The molecule has 0 aromatic rings. The lowest BCUT2D eigenvalue weighted by molar-refractivity contribution is -0.141. The highest BCUT2D eigenvalue weighted by Crippen LogP contribution is 2.38. The number of phosphoric ester groups is 1. The number of aliphatic hydroxyl groups excluding tert-OH is 1. The second-order valence-electron chi connectivity index (χ2n) is 3.11. The Labute approximate surface area is 92.9 Å². The van der Waals surface area contributed by atoms with Gasteiger partial charge in [-0.3, -0.25) is 4.52 Å². The van der Waals surface area contributed by atoms with Crippen LogP contribution in [0.3, 0.4) is 0 Å². The number of carbonyl (C=O) groups is 1. The number of esters is 1. The molecule has 0 bridgehead atoms. The van der Waals surface area contributed by atoms with Crippen molar-refractivity contribution in [2.75, 3.05) is 13.2 Å². The molecule has 0 saturated heterocycles. The van der Waals surface area contributed by atoms with Gasteiger partial charge in [0.1, 0.15) is 12.7 Å². The normalized spacial score (nSPS) is 13.2. The molecule has 0 aliphatic carbocycles. The van der Waals surface area contributed by atoms with Gasteiger partial charge in [-0.2, -0.15) is 0 Å². The number of carbonyl (C=O) groups excluding carboxylic acids is 1. The Bertz CT molecular complexity index is 295. The maximum atomic E-state index is 11.0. The fourth-order valence-electron chi connectivity index (χ4n) is 0.796. The zero-order chi connectivity index (χ0) is 12.8. The molecule has 7 nitrogen and oxygen atoms in total. The number of hydrogen-bond donors (Lipinski definition) is 3. The van der Waals surface area contributed by atoms with Crippen molar-refractivity contribution in [2.24, 2.45) is 0 Å². The lowest BCUT2D eigenvalue weighted by Crippen LogP contribution is -2.22. The highest BCUT2D eigenvalue weighted by Gasteiger charge is 2.23. The molecular weight excluding hydrogens is 239 g/mol. The van der Waals surface area contributed by atoms with Crippen LogP contribution in [0.4, 0.5) is 0 Å². The van der Waals surface area contributed by atoms with Crippen LogP contribution >= 0.6 is 7.82 Å². The zero-order valence-electron chi connectivity index (χ0n) is 8.83. The lowest BCUT2D eigenvalue weighted by Gasteiger charge is -2.17. The van der Waals surface area contributed by atoms with Gasteiger partial charge in [0.05, 0.1) is 0 Å². The Morgan fingerprint density at radius 1 is 1.50 bits per heavy atom. The summed E-state index contributed by atoms with van der Waals surface area (Å²) in [7, 11) is -4.66. The minimum atomic E-state index is -4.66. The van der Waals surface area contributed by atoms with Crippen molar-refractivity contribution in [1.82, 2.24) is 0 Å². The number of ether oxygens (including phenoxy) is 1. The van der Waals surface area contributed by atoms with E-state index in [-0.39, 0.29) is 25.2 Å². The second-order valence-corrected chi connectivity index (χ2v) is 4.30. The molecule has 0 radical (unpaired) electrons. The first-order valence-electron chi connectivity index (χ1n) is 4.43. The Balaban J connectivity index is 4.19. The molecule has 0 aromatic carbocycles. The smallest absolute Gasteiger partial charge is 0.460 e. The Morgan fingerprint density at radius 3 is 2.44 bits per heavy atom. The molecule has 0 fully saturated rings. The van der Waals surface area contributed by atoms with Crippen LogP contribution < -0.4 is 0 Å². The molecule has 0 aliphatic heterocycles. The van der Waals surface area contributed by atoms with Gasteiger partial charge in [0.2, 0.25) is 0 Å². The second kappa shape index (κ2) is 6.78. The van der Waals surface area contributed by atoms with Crippen molar-refractivity contribution >= 4 is 13.8 Å². The van der Waals surface area contributed by atoms with Crippen LogP contribution in [0.15, 0.2) is 12.2 Å². The first-order chi connectivity index (χ1) is 7.26. The quantitative estimate of drug-likeness (QED) is 0.332. The first kappa shape index (κ1) is 15.3. The zero-order valence-corrected chi connectivity index (χ0v) is 9.72. The van der Waals surface area contributed by atoms with E-state index in [0.29, 0.717) is 0 Å². The molecule has 0 aromatic heterocycles. The molecule has 0 heterocycles. The van der Waals surface area contributed by atoms with Crippen LogP contribution in [0.5, 0.6) is 0 Å². The maximum Gasteiger partial charge on any atom is 0.469 e. The van der Waals surface area contributed by atoms with Crippen molar-refractivity contribution in [3.8, 4) is 0 Å². The predicted octanol–water partition coefficient (Wildman–Crippen LogP) is -0.0340. The summed E-state index contributed by atoms with van der Waals surface area (Å²) in [5.74, 6) is -0.683. The van der Waals surface area contributed by atoms with Crippen molar-refractivity contribution < 1.29 is 33.5 Å². The summed E-state index contributed by atoms with van der Waals surface area (Å²) in [5.41, 5.74) is 0.166. The average molecular weight is 254 g/mol. The van der Waals surface area contributed by atoms with Gasteiger partial charge in [-0.25, -0.2) is 9.36 Å². The summed E-state index contributed by atoms with van der Waals surface area (Å²) in [6, 6.07) is 0. The van der Waals surface area contributed by atoms with Gasteiger partial charge < -0.3 is 19.6 Å². The Kier molecular flexibility index (Phi) is 6.47. The molecule has 0 aliphatic rings. The van der Waals surface area contributed by atoms with Crippen LogP contribution in [0.2, 0.25) is 0 Å². The summed E-state index contributed by atoms with van der Waals surface area (Å²) in [6.07, 6.45) is -1.09. The van der Waals surface area contributed by atoms with E-state index in [2.05, 4.69) is 15.8 Å². The molecule has 0 saturated carbocycles. The SMILES string of the molecule is C=C(C)C(=O)OCC(CCO)OP(=O)(O)O. The molecule has 3 N–H and O–H groups in total. The fourth-order valence-corrected chi connectivity index (χ4v) is 1.35. The lowest BCUT2D eigenvalue weighted by atomic mass is 10.3. The van der Waals surface area contributed by atoms with Crippen LogP contribution in [-0.2, 0) is 18.6 Å². The summed E-state index contributed by atoms with van der Waals surface area (Å²) in [5, 5.41) is 8.62. The molecule has 0 spiro atoms. The maximum absolute atomic E-state index is 11.0. The van der Waals surface area contributed by atoms with Crippen LogP contribution in [0.25, 0.3) is 0 Å². The topological polar surface area (TPSA) is 113 Å². The van der Waals surface area contributed by atoms with Gasteiger partial charge in [-0.15, -0.1) is 0 Å². The molecule has 0 amide bonds. The number of aliphatic hydroxyl groups is 1. The van der Waals surface area contributed by atoms with E-state index in [0.717, 1.165) is 0 Å². The van der Waals surface area contributed by atoms with E-state index in [1.165, 1.54) is 6.92 Å². The molecule has 1 atom stereocenters. The number of hydrogen-bond acceptors (Lipinski definition) is 5. The highest BCUT2D eigenvalue weighted by molar-refractivity contribution is 7.46. The van der Waals surface area contributed by atoms with E-state index >= 15 is 0 Å². The van der Waals surface area contributed by atoms with Gasteiger partial charge in [-0.1, -0.05) is 6.58 Å². The Morgan fingerprint density at radius 2 is 2.06 bits per heavy atom. The Hall–Kier alpha value is -0.720. The van der Waals surface area contributed by atoms with Gasteiger partial charge in [0.25, 0.3) is 0 Å². The van der Waals surface area contributed by atoms with E-state index < -0.39 is 19.9 Å². The van der Waals surface area contributed by atoms with Gasteiger partial charge in [0.15, 0.2) is 0 Å². The third kappa shape index (κ3) is 7.56. The molecule has 0 rings (SSSR count). The van der Waals surface area contributed by atoms with Crippen LogP contribution in [0.1, 0.15) is 13.3 Å². The average Bonchev–Trinajstić information content (AvgIpc) is 2.11. The third-order valence-electron chi connectivity index (χ3n) is 1.49. The molecular formula is C8H15O7P. The van der Waals surface area contributed by atoms with Crippen LogP contribution in [-0.4, -0.2) is 40.2 Å². The van der Waals surface area contributed by atoms with Crippen molar-refractivity contribution in [1.29, 1.82) is 0 Å². The van der Waals surface area contributed by atoms with E-state index in [4.69, 9.17) is 14.9 Å². The van der Waals surface area contributed by atoms with Crippen molar-refractivity contribution in [2.45, 2.75) is 19.4 Å². The van der Waals surface area contributed by atoms with E-state index in [1.54, 1.807) is 0 Å². The third-order valence-corrected chi connectivity index (χ3v) is 2.06. The van der Waals surface area contributed by atoms with Crippen molar-refractivity contribution in [3.63, 3.8) is 0 Å². The van der Waals surface area contributed by atoms with Crippen LogP contribution in [0, 0.1) is 0 Å². The summed E-state index contributed by atoms with van der Waals surface area (Å²) < 4.78 is 19.5. The largest absolute Gasteiger partial charge is 0.469 e. The van der Waals surface area contributed by atoms with E-state index in [9.17, 15) is 9.36 Å². The summed E-state index contributed by atoms with van der Waals surface area (Å²) >= 11 is 0. The highest BCUT2D eigenvalue weighted by atomic mass is 31.2. The van der Waals surface area contributed by atoms with E-state index in [1.807, 2.05) is 0 Å². The van der Waals surface area contributed by atoms with Gasteiger partial charge in [0, 0.05) is 18.6 Å². The molecule has 16 heavy (non-hydrogen) atoms. The van der Waals surface area contributed by atoms with Crippen molar-refractivity contribution in [3.05, 3.63) is 12.2 Å². The standard InChI is InChI=1S/C8H15O7P/c1-6(2)8(10)14-5-7(3-4-9)15-16(11,12)13/h7,9H,1,3-5H2,2H3,(H2,11,12,13). The van der Waals surface area contributed by atoms with Gasteiger partial charge in [-0.05, 0) is 6.92 Å². The first-order valence-corrected chi connectivity index (χ1v) is 5.96. The molecule has 1 unspecified atom stereocenters. The summed E-state index contributed by atoms with van der Waals surface area (Å²) in [4.78, 5) is 28.1. The van der Waals surface area contributed by atoms with Gasteiger partial charge >= 0.3 is 13.8 Å². The minimum absolute atomic E-state index is 0.0470. The summed E-state index contributed by atoms with van der Waals surface area (Å²) in [6.45, 7) is 4.09. The molecule has 94 valence electrons. The fraction of sp³-hybridized carbons (Fsp3) is 0.625. The minimum Gasteiger partial charge on any atom is -0.460 e. The molecule has 8 heteroatoms.